The Bertz CT molecular complexity index is 882. The molecule has 0 bridgehead atoms. The van der Waals surface area contributed by atoms with Gasteiger partial charge in [0.15, 0.2) is 0 Å². The predicted octanol–water partition coefficient (Wildman–Crippen LogP) is 7.05. The predicted molar refractivity (Wildman–Crippen MR) is 119 cm³/mol. The number of halogens is 1. The summed E-state index contributed by atoms with van der Waals surface area (Å²) in [6, 6.07) is 7.58. The van der Waals surface area contributed by atoms with Crippen LogP contribution < -0.4 is 0 Å². The molecule has 0 radical (unpaired) electrons. The van der Waals surface area contributed by atoms with Gasteiger partial charge in [-0.05, 0) is 62.5 Å². The second kappa shape index (κ2) is 8.73. The third-order valence-electron chi connectivity index (χ3n) is 3.92. The number of rotatable bonds is 6. The van der Waals surface area contributed by atoms with E-state index in [1.807, 2.05) is 72.7 Å². The van der Waals surface area contributed by atoms with Crippen molar-refractivity contribution in [1.29, 1.82) is 0 Å². The average molecular weight is 472 g/mol. The van der Waals surface area contributed by atoms with Gasteiger partial charge in [0, 0.05) is 16.0 Å². The number of fused-ring (bicyclic) bond motifs is 1. The summed E-state index contributed by atoms with van der Waals surface area (Å²) in [5, 5.41) is 0.879. The van der Waals surface area contributed by atoms with E-state index in [1.54, 1.807) is 0 Å². The maximum absolute atomic E-state index is 13.7. The highest BCUT2D eigenvalue weighted by Crippen LogP contribution is 2.54. The maximum atomic E-state index is 13.7. The number of nitrogens with zero attached hydrogens (tertiary/aromatic N) is 1. The van der Waals surface area contributed by atoms with Gasteiger partial charge in [0.25, 0.3) is 0 Å². The minimum atomic E-state index is -3.01. The molecule has 0 saturated heterocycles. The number of carbonyl (C=O) groups is 1. The Morgan fingerprint density at radius 1 is 1.18 bits per heavy atom. The SMILES string of the molecule is CC(C)CP(=O)(Cc1c(Br)c2ccccc2n1C(=O)OC(C)(C)C)OC(C)C. The van der Waals surface area contributed by atoms with Crippen molar-refractivity contribution < 1.29 is 18.6 Å². The molecule has 0 N–H and O–H groups in total. The monoisotopic (exact) mass is 471 g/mol. The van der Waals surface area contributed by atoms with Crippen molar-refractivity contribution in [2.24, 2.45) is 5.92 Å². The van der Waals surface area contributed by atoms with Gasteiger partial charge in [-0.25, -0.2) is 9.36 Å². The van der Waals surface area contributed by atoms with Crippen LogP contribution in [0.4, 0.5) is 4.79 Å². The van der Waals surface area contributed by atoms with Gasteiger partial charge in [-0.2, -0.15) is 0 Å². The Hall–Kier alpha value is -1.10. The summed E-state index contributed by atoms with van der Waals surface area (Å²) in [4.78, 5) is 13.0. The molecule has 2 aromatic rings. The van der Waals surface area contributed by atoms with Gasteiger partial charge < -0.3 is 9.26 Å². The molecule has 1 aromatic carbocycles. The lowest BCUT2D eigenvalue weighted by molar-refractivity contribution is 0.0541. The number of para-hydroxylation sites is 1. The molecule has 28 heavy (non-hydrogen) atoms. The van der Waals surface area contributed by atoms with Crippen LogP contribution in [0.3, 0.4) is 0 Å². The molecule has 1 heterocycles. The van der Waals surface area contributed by atoms with E-state index in [9.17, 15) is 9.36 Å². The third kappa shape index (κ3) is 5.71. The van der Waals surface area contributed by atoms with Gasteiger partial charge in [-0.15, -0.1) is 0 Å². The average Bonchev–Trinajstić information content (AvgIpc) is 2.76. The molecule has 0 aliphatic carbocycles. The summed E-state index contributed by atoms with van der Waals surface area (Å²) >= 11 is 3.63. The first-order valence-corrected chi connectivity index (χ1v) is 12.4. The molecule has 2 rings (SSSR count). The molecular formula is C21H31BrNO4P. The van der Waals surface area contributed by atoms with E-state index in [-0.39, 0.29) is 18.2 Å². The molecule has 1 aromatic heterocycles. The fourth-order valence-electron chi connectivity index (χ4n) is 3.22. The molecule has 0 amide bonds. The van der Waals surface area contributed by atoms with Crippen molar-refractivity contribution in [2.45, 2.75) is 66.3 Å². The van der Waals surface area contributed by atoms with Crippen LogP contribution in [0, 0.1) is 5.92 Å². The lowest BCUT2D eigenvalue weighted by Crippen LogP contribution is -2.28. The first-order chi connectivity index (χ1) is 12.8. The molecule has 0 spiro atoms. The van der Waals surface area contributed by atoms with Crippen LogP contribution >= 0.6 is 23.3 Å². The van der Waals surface area contributed by atoms with Crippen molar-refractivity contribution in [1.82, 2.24) is 4.57 Å². The van der Waals surface area contributed by atoms with E-state index in [0.29, 0.717) is 11.9 Å². The second-order valence-corrected chi connectivity index (χ2v) is 12.1. The number of hydrogen-bond acceptors (Lipinski definition) is 4. The zero-order chi connectivity index (χ0) is 21.3. The quantitative estimate of drug-likeness (QED) is 0.423. The minimum Gasteiger partial charge on any atom is -0.443 e. The van der Waals surface area contributed by atoms with Gasteiger partial charge in [-0.3, -0.25) is 4.57 Å². The Balaban J connectivity index is 2.62. The van der Waals surface area contributed by atoms with E-state index in [1.165, 1.54) is 4.57 Å². The van der Waals surface area contributed by atoms with Crippen LogP contribution in [0.2, 0.25) is 0 Å². The van der Waals surface area contributed by atoms with E-state index >= 15 is 0 Å². The third-order valence-corrected chi connectivity index (χ3v) is 7.68. The highest BCUT2D eigenvalue weighted by Gasteiger charge is 2.32. The summed E-state index contributed by atoms with van der Waals surface area (Å²) in [7, 11) is -3.01. The summed E-state index contributed by atoms with van der Waals surface area (Å²) < 4.78 is 27.5. The summed E-state index contributed by atoms with van der Waals surface area (Å²) in [5.74, 6) is 0.211. The second-order valence-electron chi connectivity index (χ2n) is 8.80. The molecule has 0 saturated carbocycles. The smallest absolute Gasteiger partial charge is 0.419 e. The van der Waals surface area contributed by atoms with E-state index < -0.39 is 19.1 Å². The normalized spacial score (nSPS) is 14.6. The first-order valence-electron chi connectivity index (χ1n) is 9.60. The van der Waals surface area contributed by atoms with Crippen LogP contribution in [-0.2, 0) is 20.0 Å². The van der Waals surface area contributed by atoms with Crippen LogP contribution in [0.5, 0.6) is 0 Å². The zero-order valence-corrected chi connectivity index (χ0v) is 20.3. The summed E-state index contributed by atoms with van der Waals surface area (Å²) in [6.45, 7) is 13.3. The van der Waals surface area contributed by atoms with Crippen molar-refractivity contribution in [3.8, 4) is 0 Å². The standard InChI is InChI=1S/C21H31BrNO4P/c1-14(2)12-28(25,27-15(3)4)13-18-19(22)16-10-8-9-11-17(16)23(18)20(24)26-21(5,6)7/h8-11,14-15H,12-13H2,1-7H3. The molecule has 1 atom stereocenters. The van der Waals surface area contributed by atoms with Crippen molar-refractivity contribution in [3.05, 3.63) is 34.4 Å². The maximum Gasteiger partial charge on any atom is 0.419 e. The van der Waals surface area contributed by atoms with Crippen LogP contribution in [-0.4, -0.2) is 28.5 Å². The molecule has 5 nitrogen and oxygen atoms in total. The van der Waals surface area contributed by atoms with Crippen LogP contribution in [0.1, 0.15) is 54.2 Å². The number of aromatic nitrogens is 1. The number of benzene rings is 1. The molecular weight excluding hydrogens is 441 g/mol. The Labute approximate surface area is 176 Å². The van der Waals surface area contributed by atoms with Gasteiger partial charge in [0.1, 0.15) is 5.60 Å². The Morgan fingerprint density at radius 3 is 2.32 bits per heavy atom. The molecule has 0 aliphatic rings. The van der Waals surface area contributed by atoms with Gasteiger partial charge >= 0.3 is 6.09 Å². The molecule has 7 heteroatoms. The Kier molecular flexibility index (Phi) is 7.22. The topological polar surface area (TPSA) is 57.5 Å². The van der Waals surface area contributed by atoms with Crippen LogP contribution in [0.15, 0.2) is 28.7 Å². The molecule has 1 unspecified atom stereocenters. The zero-order valence-electron chi connectivity index (χ0n) is 17.8. The highest BCUT2D eigenvalue weighted by molar-refractivity contribution is 9.10. The van der Waals surface area contributed by atoms with E-state index in [0.717, 1.165) is 15.4 Å². The number of carbonyl (C=O) groups excluding carboxylic acids is 1. The summed E-state index contributed by atoms with van der Waals surface area (Å²) in [5.41, 5.74) is 0.710. The number of ether oxygens (including phenoxy) is 1. The lowest BCUT2D eigenvalue weighted by atomic mass is 10.2. The number of hydrogen-bond donors (Lipinski definition) is 0. The van der Waals surface area contributed by atoms with Gasteiger partial charge in [0.05, 0.1) is 23.5 Å². The van der Waals surface area contributed by atoms with Crippen LogP contribution in [0.25, 0.3) is 10.9 Å². The van der Waals surface area contributed by atoms with Crippen molar-refractivity contribution >= 4 is 40.3 Å². The summed E-state index contributed by atoms with van der Waals surface area (Å²) in [6.07, 6.45) is -0.0292. The van der Waals surface area contributed by atoms with E-state index in [2.05, 4.69) is 15.9 Å². The van der Waals surface area contributed by atoms with Crippen molar-refractivity contribution in [2.75, 3.05) is 6.16 Å². The van der Waals surface area contributed by atoms with Crippen molar-refractivity contribution in [3.63, 3.8) is 0 Å². The largest absolute Gasteiger partial charge is 0.443 e. The van der Waals surface area contributed by atoms with Gasteiger partial charge in [-0.1, -0.05) is 32.0 Å². The molecule has 0 aliphatic heterocycles. The Morgan fingerprint density at radius 2 is 1.79 bits per heavy atom. The fraction of sp³-hybridized carbons (Fsp3) is 0.571. The van der Waals surface area contributed by atoms with E-state index in [4.69, 9.17) is 9.26 Å². The fourth-order valence-corrected chi connectivity index (χ4v) is 7.02. The highest BCUT2D eigenvalue weighted by atomic mass is 79.9. The molecule has 156 valence electrons. The molecule has 0 fully saturated rings. The minimum absolute atomic E-state index is 0.164. The van der Waals surface area contributed by atoms with Gasteiger partial charge in [0.2, 0.25) is 7.37 Å². The first kappa shape index (κ1) is 23.2. The lowest BCUT2D eigenvalue weighted by Gasteiger charge is -2.25.